The van der Waals surface area contributed by atoms with Gasteiger partial charge in [-0.3, -0.25) is 0 Å². The fourth-order valence-corrected chi connectivity index (χ4v) is 2.88. The molecule has 0 atom stereocenters. The number of nitrogens with zero attached hydrogens (tertiary/aromatic N) is 6. The van der Waals surface area contributed by atoms with Crippen LogP contribution < -0.4 is 0 Å². The van der Waals surface area contributed by atoms with Crippen molar-refractivity contribution in [3.05, 3.63) is 36.2 Å². The fourth-order valence-electron chi connectivity index (χ4n) is 2.88. The lowest BCUT2D eigenvalue weighted by atomic mass is 10.1. The topological polar surface area (TPSA) is 97.4 Å². The number of hydrogen-bond acceptors (Lipinski definition) is 5. The van der Waals surface area contributed by atoms with Crippen LogP contribution in [0.1, 0.15) is 5.69 Å². The third-order valence-electron chi connectivity index (χ3n) is 4.09. The van der Waals surface area contributed by atoms with Gasteiger partial charge in [-0.25, -0.2) is 9.67 Å². The number of aromatic nitrogens is 7. The van der Waals surface area contributed by atoms with Crippen LogP contribution in [0, 0.1) is 6.92 Å². The fraction of sp³-hybridized carbons (Fsp3) is 0.250. The van der Waals surface area contributed by atoms with Crippen molar-refractivity contribution in [3.8, 4) is 22.9 Å². The molecule has 8 heteroatoms. The third-order valence-corrected chi connectivity index (χ3v) is 4.09. The van der Waals surface area contributed by atoms with Gasteiger partial charge in [0.25, 0.3) is 0 Å². The van der Waals surface area contributed by atoms with Gasteiger partial charge in [0, 0.05) is 29.7 Å². The van der Waals surface area contributed by atoms with E-state index in [1.807, 2.05) is 32.3 Å². The summed E-state index contributed by atoms with van der Waals surface area (Å²) in [6.45, 7) is 2.18. The highest BCUT2D eigenvalue weighted by Gasteiger charge is 2.19. The Hall–Kier alpha value is -3.00. The Morgan fingerprint density at radius 2 is 2.08 bits per heavy atom. The quantitative estimate of drug-likeness (QED) is 0.593. The van der Waals surface area contributed by atoms with Crippen molar-refractivity contribution in [3.63, 3.8) is 0 Å². The van der Waals surface area contributed by atoms with Crippen molar-refractivity contribution < 1.29 is 5.11 Å². The summed E-state index contributed by atoms with van der Waals surface area (Å²) >= 11 is 0. The first-order valence-corrected chi connectivity index (χ1v) is 7.67. The van der Waals surface area contributed by atoms with Gasteiger partial charge in [0.2, 0.25) is 0 Å². The first-order valence-electron chi connectivity index (χ1n) is 7.67. The van der Waals surface area contributed by atoms with E-state index in [0.717, 1.165) is 22.2 Å². The Kier molecular flexibility index (Phi) is 3.39. The number of rotatable bonds is 4. The van der Waals surface area contributed by atoms with Gasteiger partial charge in [0.05, 0.1) is 18.8 Å². The second-order valence-electron chi connectivity index (χ2n) is 5.63. The standard InChI is InChI=1S/C16H17N7O/c1-10-14(19-21-18-10)16-17-15(20-23(16)8-9-24)12-4-3-5-13-11(12)6-7-22(13)2/h3-7,24H,8-9H2,1-2H3,(H,18,19,21). The molecule has 0 unspecified atom stereocenters. The van der Waals surface area contributed by atoms with E-state index in [9.17, 15) is 5.11 Å². The normalized spacial score (nSPS) is 11.5. The van der Waals surface area contributed by atoms with Crippen LogP contribution in [0.25, 0.3) is 33.8 Å². The van der Waals surface area contributed by atoms with Gasteiger partial charge in [0.15, 0.2) is 17.3 Å². The minimum atomic E-state index is -0.0256. The molecule has 0 bridgehead atoms. The molecule has 0 saturated carbocycles. The number of aliphatic hydroxyl groups excluding tert-OH is 1. The van der Waals surface area contributed by atoms with Crippen LogP contribution in [0.2, 0.25) is 0 Å². The zero-order valence-electron chi connectivity index (χ0n) is 13.4. The first kappa shape index (κ1) is 14.6. The van der Waals surface area contributed by atoms with Crippen LogP contribution in [-0.2, 0) is 13.6 Å². The summed E-state index contributed by atoms with van der Waals surface area (Å²) in [5.41, 5.74) is 3.45. The average Bonchev–Trinajstić information content (AvgIpc) is 3.27. The number of aliphatic hydroxyl groups is 1. The van der Waals surface area contributed by atoms with Crippen molar-refractivity contribution in [1.29, 1.82) is 0 Å². The maximum absolute atomic E-state index is 9.33. The first-order chi connectivity index (χ1) is 11.7. The van der Waals surface area contributed by atoms with Crippen molar-refractivity contribution in [2.24, 2.45) is 7.05 Å². The summed E-state index contributed by atoms with van der Waals surface area (Å²) in [4.78, 5) is 4.67. The number of H-pyrrole nitrogens is 1. The maximum atomic E-state index is 9.33. The highest BCUT2D eigenvalue weighted by Crippen LogP contribution is 2.29. The van der Waals surface area contributed by atoms with Gasteiger partial charge in [0.1, 0.15) is 0 Å². The van der Waals surface area contributed by atoms with E-state index < -0.39 is 0 Å². The van der Waals surface area contributed by atoms with Crippen LogP contribution in [0.3, 0.4) is 0 Å². The SMILES string of the molecule is Cc1n[nH]nc1-c1nc(-c2cccc3c2ccn3C)nn1CCO. The summed E-state index contributed by atoms with van der Waals surface area (Å²) in [5, 5.41) is 25.8. The number of aryl methyl sites for hydroxylation is 2. The molecule has 0 aliphatic heterocycles. The molecule has 8 nitrogen and oxygen atoms in total. The molecular formula is C16H17N7O. The summed E-state index contributed by atoms with van der Waals surface area (Å²) in [5.74, 6) is 1.20. The molecule has 0 radical (unpaired) electrons. The van der Waals surface area contributed by atoms with Crippen LogP contribution in [-0.4, -0.2) is 46.5 Å². The Morgan fingerprint density at radius 1 is 1.21 bits per heavy atom. The van der Waals surface area contributed by atoms with E-state index in [2.05, 4.69) is 42.2 Å². The van der Waals surface area contributed by atoms with E-state index in [1.54, 1.807) is 4.68 Å². The monoisotopic (exact) mass is 323 g/mol. The molecule has 4 aromatic rings. The second kappa shape index (κ2) is 5.57. The Balaban J connectivity index is 1.91. The van der Waals surface area contributed by atoms with Crippen LogP contribution >= 0.6 is 0 Å². The van der Waals surface area contributed by atoms with E-state index in [1.165, 1.54) is 0 Å². The van der Waals surface area contributed by atoms with Gasteiger partial charge in [-0.2, -0.15) is 20.5 Å². The lowest BCUT2D eigenvalue weighted by molar-refractivity contribution is 0.270. The summed E-state index contributed by atoms with van der Waals surface area (Å²) in [6, 6.07) is 8.11. The minimum Gasteiger partial charge on any atom is -0.394 e. The molecule has 0 aliphatic rings. The van der Waals surface area contributed by atoms with Crippen LogP contribution in [0.4, 0.5) is 0 Å². The number of benzene rings is 1. The van der Waals surface area contributed by atoms with Crippen LogP contribution in [0.5, 0.6) is 0 Å². The zero-order valence-corrected chi connectivity index (χ0v) is 13.4. The smallest absolute Gasteiger partial charge is 0.182 e. The maximum Gasteiger partial charge on any atom is 0.182 e. The molecule has 3 aromatic heterocycles. The molecule has 0 amide bonds. The van der Waals surface area contributed by atoms with E-state index in [-0.39, 0.29) is 6.61 Å². The Morgan fingerprint density at radius 3 is 2.83 bits per heavy atom. The van der Waals surface area contributed by atoms with Gasteiger partial charge in [-0.15, -0.1) is 0 Å². The molecule has 1 aromatic carbocycles. The molecular weight excluding hydrogens is 306 g/mol. The highest BCUT2D eigenvalue weighted by molar-refractivity contribution is 5.93. The van der Waals surface area contributed by atoms with Crippen molar-refractivity contribution in [2.45, 2.75) is 13.5 Å². The minimum absolute atomic E-state index is 0.0256. The van der Waals surface area contributed by atoms with E-state index >= 15 is 0 Å². The third kappa shape index (κ3) is 2.19. The number of hydrogen-bond donors (Lipinski definition) is 2. The summed E-state index contributed by atoms with van der Waals surface area (Å²) < 4.78 is 3.73. The second-order valence-corrected chi connectivity index (χ2v) is 5.63. The van der Waals surface area contributed by atoms with Gasteiger partial charge in [-0.05, 0) is 19.1 Å². The van der Waals surface area contributed by atoms with E-state index in [4.69, 9.17) is 0 Å². The van der Waals surface area contributed by atoms with Crippen molar-refractivity contribution in [1.82, 2.24) is 34.7 Å². The van der Waals surface area contributed by atoms with Crippen molar-refractivity contribution >= 4 is 10.9 Å². The average molecular weight is 323 g/mol. The Labute approximate surface area is 137 Å². The molecule has 122 valence electrons. The molecule has 0 spiro atoms. The van der Waals surface area contributed by atoms with Gasteiger partial charge < -0.3 is 9.67 Å². The lowest BCUT2D eigenvalue weighted by Crippen LogP contribution is -2.06. The largest absolute Gasteiger partial charge is 0.394 e. The van der Waals surface area contributed by atoms with Crippen molar-refractivity contribution in [2.75, 3.05) is 6.61 Å². The molecule has 2 N–H and O–H groups in total. The predicted octanol–water partition coefficient (Wildman–Crippen LogP) is 1.52. The number of fused-ring (bicyclic) bond motifs is 1. The molecule has 0 fully saturated rings. The Bertz CT molecular complexity index is 1010. The summed E-state index contributed by atoms with van der Waals surface area (Å²) in [6.07, 6.45) is 2.02. The predicted molar refractivity (Wildman–Crippen MR) is 89.1 cm³/mol. The summed E-state index contributed by atoms with van der Waals surface area (Å²) in [7, 11) is 2.01. The lowest BCUT2D eigenvalue weighted by Gasteiger charge is -2.01. The molecule has 24 heavy (non-hydrogen) atoms. The number of aromatic amines is 1. The van der Waals surface area contributed by atoms with Gasteiger partial charge >= 0.3 is 0 Å². The van der Waals surface area contributed by atoms with Gasteiger partial charge in [-0.1, -0.05) is 12.1 Å². The molecule has 3 heterocycles. The number of nitrogens with one attached hydrogen (secondary N) is 1. The molecule has 4 rings (SSSR count). The molecule has 0 saturated heterocycles. The highest BCUT2D eigenvalue weighted by atomic mass is 16.3. The zero-order chi connectivity index (χ0) is 16.7. The molecule has 0 aliphatic carbocycles. The van der Waals surface area contributed by atoms with E-state index in [0.29, 0.717) is 23.9 Å². The van der Waals surface area contributed by atoms with Crippen LogP contribution in [0.15, 0.2) is 30.5 Å².